The van der Waals surface area contributed by atoms with Gasteiger partial charge in [0.15, 0.2) is 0 Å². The maximum Gasteiger partial charge on any atom is 0.244 e. The molecule has 0 radical (unpaired) electrons. The highest BCUT2D eigenvalue weighted by Gasteiger charge is 2.26. The predicted octanol–water partition coefficient (Wildman–Crippen LogP) is 4.29. The van der Waals surface area contributed by atoms with Gasteiger partial charge >= 0.3 is 0 Å². The van der Waals surface area contributed by atoms with Crippen molar-refractivity contribution in [2.24, 2.45) is 0 Å². The Morgan fingerprint density at radius 3 is 2.75 bits per heavy atom. The Kier molecular flexibility index (Phi) is 6.88. The molecule has 1 atom stereocenters. The summed E-state index contributed by atoms with van der Waals surface area (Å²) in [6.07, 6.45) is 4.82. The Labute approximate surface area is 190 Å². The molecule has 1 aliphatic rings. The van der Waals surface area contributed by atoms with E-state index in [1.807, 2.05) is 56.1 Å². The lowest BCUT2D eigenvalue weighted by Gasteiger charge is -2.32. The van der Waals surface area contributed by atoms with Crippen LogP contribution in [0, 0.1) is 13.8 Å². The minimum Gasteiger partial charge on any atom is -0.494 e. The quantitative estimate of drug-likeness (QED) is 0.559. The monoisotopic (exact) mass is 432 g/mol. The fourth-order valence-corrected chi connectivity index (χ4v) is 4.46. The number of para-hydroxylation sites is 1. The van der Waals surface area contributed by atoms with Crippen LogP contribution in [-0.4, -0.2) is 45.3 Å². The van der Waals surface area contributed by atoms with Crippen LogP contribution >= 0.6 is 0 Å². The third-order valence-electron chi connectivity index (χ3n) is 6.10. The van der Waals surface area contributed by atoms with E-state index in [0.29, 0.717) is 13.2 Å². The van der Waals surface area contributed by atoms with Gasteiger partial charge in [-0.2, -0.15) is 5.10 Å². The number of carbonyl (C=O) groups excluding carboxylic acids is 1. The number of likely N-dealkylation sites (tertiary alicyclic amines) is 1. The summed E-state index contributed by atoms with van der Waals surface area (Å²) in [5, 5.41) is 4.43. The number of hydrogen-bond donors (Lipinski definition) is 0. The smallest absolute Gasteiger partial charge is 0.244 e. The first-order valence-electron chi connectivity index (χ1n) is 11.5. The van der Waals surface area contributed by atoms with Gasteiger partial charge in [-0.1, -0.05) is 24.3 Å². The van der Waals surface area contributed by atoms with E-state index in [-0.39, 0.29) is 11.8 Å². The highest BCUT2D eigenvalue weighted by molar-refractivity contribution is 5.76. The third-order valence-corrected chi connectivity index (χ3v) is 6.10. The van der Waals surface area contributed by atoms with Crippen LogP contribution in [-0.2, 0) is 17.8 Å². The molecule has 2 aromatic heterocycles. The summed E-state index contributed by atoms with van der Waals surface area (Å²) in [5.41, 5.74) is 5.36. The first-order chi connectivity index (χ1) is 15.5. The number of piperidine rings is 1. The first-order valence-corrected chi connectivity index (χ1v) is 11.5. The van der Waals surface area contributed by atoms with Crippen LogP contribution in [0.25, 0.3) is 0 Å². The van der Waals surface area contributed by atoms with Crippen LogP contribution in [0.15, 0.2) is 48.7 Å². The molecule has 6 nitrogen and oxygen atoms in total. The van der Waals surface area contributed by atoms with Crippen molar-refractivity contribution < 1.29 is 9.53 Å². The van der Waals surface area contributed by atoms with Gasteiger partial charge in [0.2, 0.25) is 5.91 Å². The van der Waals surface area contributed by atoms with E-state index in [0.717, 1.165) is 60.7 Å². The number of amides is 1. The Hall–Kier alpha value is -3.15. The highest BCUT2D eigenvalue weighted by atomic mass is 16.5. The Morgan fingerprint density at radius 1 is 1.19 bits per heavy atom. The van der Waals surface area contributed by atoms with Crippen LogP contribution in [0.4, 0.5) is 0 Å². The summed E-state index contributed by atoms with van der Waals surface area (Å²) in [7, 11) is 0. The van der Waals surface area contributed by atoms with E-state index >= 15 is 0 Å². The van der Waals surface area contributed by atoms with Crippen molar-refractivity contribution >= 4 is 5.91 Å². The minimum absolute atomic E-state index is 0.130. The molecule has 3 aromatic rings. The van der Waals surface area contributed by atoms with Crippen molar-refractivity contribution in [2.75, 3.05) is 19.7 Å². The molecule has 3 heterocycles. The third kappa shape index (κ3) is 5.18. The molecule has 0 unspecified atom stereocenters. The molecular weight excluding hydrogens is 400 g/mol. The topological polar surface area (TPSA) is 60.2 Å². The number of rotatable bonds is 7. The number of carbonyl (C=O) groups is 1. The number of aromatic nitrogens is 3. The van der Waals surface area contributed by atoms with Crippen LogP contribution in [0.3, 0.4) is 0 Å². The molecule has 1 aliphatic heterocycles. The Morgan fingerprint density at radius 2 is 2.03 bits per heavy atom. The molecule has 6 heteroatoms. The minimum atomic E-state index is 0.130. The van der Waals surface area contributed by atoms with Gasteiger partial charge in [-0.05, 0) is 62.9 Å². The van der Waals surface area contributed by atoms with E-state index in [2.05, 4.69) is 23.3 Å². The van der Waals surface area contributed by atoms with Gasteiger partial charge in [0.1, 0.15) is 12.3 Å². The van der Waals surface area contributed by atoms with Gasteiger partial charge in [0.25, 0.3) is 0 Å². The lowest BCUT2D eigenvalue weighted by Crippen LogP contribution is -2.41. The molecular formula is C26H32N4O2. The Balaban J connectivity index is 1.39. The second-order valence-electron chi connectivity index (χ2n) is 8.57. The van der Waals surface area contributed by atoms with E-state index in [4.69, 9.17) is 9.72 Å². The van der Waals surface area contributed by atoms with Crippen LogP contribution < -0.4 is 4.74 Å². The predicted molar refractivity (Wildman–Crippen MR) is 125 cm³/mol. The summed E-state index contributed by atoms with van der Waals surface area (Å²) < 4.78 is 7.55. The van der Waals surface area contributed by atoms with Crippen molar-refractivity contribution in [1.29, 1.82) is 0 Å². The number of aryl methyl sites for hydroxylation is 2. The average molecular weight is 433 g/mol. The summed E-state index contributed by atoms with van der Waals surface area (Å²) in [6.45, 7) is 8.43. The second kappa shape index (κ2) is 9.98. The zero-order chi connectivity index (χ0) is 22.5. The molecule has 0 aliphatic carbocycles. The molecule has 1 aromatic carbocycles. The van der Waals surface area contributed by atoms with Gasteiger partial charge in [-0.25, -0.2) is 0 Å². The summed E-state index contributed by atoms with van der Waals surface area (Å²) in [5.74, 6) is 1.34. The maximum absolute atomic E-state index is 12.9. The number of benzene rings is 1. The summed E-state index contributed by atoms with van der Waals surface area (Å²) in [4.78, 5) is 19.6. The second-order valence-corrected chi connectivity index (χ2v) is 8.57. The molecule has 1 fully saturated rings. The SMILES string of the molecule is CCOc1ccccc1Cc1ccc([C@@H]2CCCN(C(=O)Cn3nc(C)cc3C)C2)nc1. The molecule has 1 amide bonds. The number of ether oxygens (including phenoxy) is 1. The summed E-state index contributed by atoms with van der Waals surface area (Å²) >= 11 is 0. The summed E-state index contributed by atoms with van der Waals surface area (Å²) in [6, 6.07) is 14.4. The average Bonchev–Trinajstić information content (AvgIpc) is 3.12. The molecule has 4 rings (SSSR count). The van der Waals surface area contributed by atoms with E-state index < -0.39 is 0 Å². The van der Waals surface area contributed by atoms with Gasteiger partial charge in [-0.15, -0.1) is 0 Å². The maximum atomic E-state index is 12.9. The lowest BCUT2D eigenvalue weighted by molar-refractivity contribution is -0.133. The fourth-order valence-electron chi connectivity index (χ4n) is 4.46. The molecule has 32 heavy (non-hydrogen) atoms. The van der Waals surface area contributed by atoms with Crippen molar-refractivity contribution in [1.82, 2.24) is 19.7 Å². The van der Waals surface area contributed by atoms with E-state index in [1.165, 1.54) is 5.56 Å². The molecule has 0 bridgehead atoms. The highest BCUT2D eigenvalue weighted by Crippen LogP contribution is 2.27. The van der Waals surface area contributed by atoms with Crippen LogP contribution in [0.2, 0.25) is 0 Å². The number of pyridine rings is 1. The zero-order valence-corrected chi connectivity index (χ0v) is 19.3. The van der Waals surface area contributed by atoms with Crippen molar-refractivity contribution in [3.8, 4) is 5.75 Å². The number of hydrogen-bond acceptors (Lipinski definition) is 4. The first kappa shape index (κ1) is 22.1. The largest absolute Gasteiger partial charge is 0.494 e. The molecule has 168 valence electrons. The van der Waals surface area contributed by atoms with E-state index in [1.54, 1.807) is 4.68 Å². The molecule has 0 spiro atoms. The Bertz CT molecular complexity index is 1060. The normalized spacial score (nSPS) is 16.2. The van der Waals surface area contributed by atoms with Crippen molar-refractivity contribution in [3.05, 3.63) is 76.9 Å². The molecule has 0 saturated carbocycles. The van der Waals surface area contributed by atoms with Gasteiger partial charge in [-0.3, -0.25) is 14.5 Å². The standard InChI is InChI=1S/C26H32N4O2/c1-4-32-25-10-6-5-8-22(25)15-21-11-12-24(27-16-21)23-9-7-13-29(17-23)26(31)18-30-20(3)14-19(2)28-30/h5-6,8,10-12,14,16,23H,4,7,9,13,15,17-18H2,1-3H3/t23-/m1/s1. The van der Waals surface area contributed by atoms with Crippen LogP contribution in [0.1, 0.15) is 53.9 Å². The van der Waals surface area contributed by atoms with Gasteiger partial charge < -0.3 is 9.64 Å². The van der Waals surface area contributed by atoms with Crippen molar-refractivity contribution in [3.63, 3.8) is 0 Å². The van der Waals surface area contributed by atoms with Gasteiger partial charge in [0.05, 0.1) is 12.3 Å². The van der Waals surface area contributed by atoms with E-state index in [9.17, 15) is 4.79 Å². The number of nitrogens with zero attached hydrogens (tertiary/aromatic N) is 4. The lowest BCUT2D eigenvalue weighted by atomic mass is 9.93. The fraction of sp³-hybridized carbons (Fsp3) is 0.423. The molecule has 0 N–H and O–H groups in total. The zero-order valence-electron chi connectivity index (χ0n) is 19.3. The molecule has 1 saturated heterocycles. The van der Waals surface area contributed by atoms with Crippen LogP contribution in [0.5, 0.6) is 5.75 Å². The van der Waals surface area contributed by atoms with Crippen molar-refractivity contribution in [2.45, 2.75) is 52.5 Å². The van der Waals surface area contributed by atoms with Gasteiger partial charge in [0, 0.05) is 43.0 Å².